The number of hydrogen-bond acceptors (Lipinski definition) is 6. The van der Waals surface area contributed by atoms with Gasteiger partial charge in [-0.25, -0.2) is 4.68 Å². The van der Waals surface area contributed by atoms with Crippen molar-refractivity contribution in [2.75, 3.05) is 6.54 Å². The highest BCUT2D eigenvalue weighted by atomic mass is 32.2. The van der Waals surface area contributed by atoms with Crippen LogP contribution in [0.25, 0.3) is 0 Å². The first-order valence-electron chi connectivity index (χ1n) is 6.93. The molecule has 0 bridgehead atoms. The molecule has 1 unspecified atom stereocenters. The zero-order valence-corrected chi connectivity index (χ0v) is 12.0. The molecule has 0 radical (unpaired) electrons. The van der Waals surface area contributed by atoms with E-state index in [0.29, 0.717) is 12.6 Å². The third kappa shape index (κ3) is 2.83. The van der Waals surface area contributed by atoms with E-state index < -0.39 is 0 Å². The second kappa shape index (κ2) is 6.32. The van der Waals surface area contributed by atoms with Crippen molar-refractivity contribution in [3.63, 3.8) is 0 Å². The summed E-state index contributed by atoms with van der Waals surface area (Å²) in [6.07, 6.45) is 8.48. The average molecular weight is 290 g/mol. The summed E-state index contributed by atoms with van der Waals surface area (Å²) in [5, 5.41) is 13.1. The van der Waals surface area contributed by atoms with Crippen LogP contribution in [-0.4, -0.2) is 31.7 Å². The zero-order chi connectivity index (χ0) is 13.8. The van der Waals surface area contributed by atoms with E-state index in [0.717, 1.165) is 10.7 Å². The molecule has 7 heteroatoms. The number of thioether (sulfide) groups is 1. The summed E-state index contributed by atoms with van der Waals surface area (Å²) in [4.78, 5) is 4.16. The topological polar surface area (TPSA) is 82.5 Å². The van der Waals surface area contributed by atoms with E-state index >= 15 is 0 Å². The molecule has 2 heterocycles. The Bertz CT molecular complexity index is 537. The minimum Gasteiger partial charge on any atom is -0.329 e. The summed E-state index contributed by atoms with van der Waals surface area (Å²) in [5.41, 5.74) is 7.01. The molecule has 0 saturated heterocycles. The van der Waals surface area contributed by atoms with Crippen molar-refractivity contribution in [1.29, 1.82) is 0 Å². The number of pyridine rings is 1. The van der Waals surface area contributed by atoms with Gasteiger partial charge in [0.1, 0.15) is 0 Å². The van der Waals surface area contributed by atoms with Gasteiger partial charge in [-0.1, -0.05) is 30.7 Å². The molecule has 0 aromatic carbocycles. The molecule has 106 valence electrons. The van der Waals surface area contributed by atoms with Crippen molar-refractivity contribution in [2.24, 2.45) is 5.73 Å². The Balaban J connectivity index is 1.78. The second-order valence-electron chi connectivity index (χ2n) is 4.97. The summed E-state index contributed by atoms with van der Waals surface area (Å²) in [6.45, 7) is 0.536. The lowest BCUT2D eigenvalue weighted by Crippen LogP contribution is -2.13. The number of hydrogen-bond donors (Lipinski definition) is 1. The number of nitrogens with zero attached hydrogens (tertiary/aromatic N) is 5. The van der Waals surface area contributed by atoms with Gasteiger partial charge in [-0.15, -0.1) is 5.10 Å². The van der Waals surface area contributed by atoms with Crippen molar-refractivity contribution >= 4 is 11.8 Å². The van der Waals surface area contributed by atoms with Crippen molar-refractivity contribution in [2.45, 2.75) is 42.1 Å². The Kier molecular flexibility index (Phi) is 4.27. The largest absolute Gasteiger partial charge is 0.329 e. The van der Waals surface area contributed by atoms with Crippen LogP contribution < -0.4 is 5.73 Å². The molecule has 1 atom stereocenters. The van der Waals surface area contributed by atoms with E-state index in [1.54, 1.807) is 18.0 Å². The highest BCUT2D eigenvalue weighted by Crippen LogP contribution is 2.36. The fraction of sp³-hybridized carbons (Fsp3) is 0.538. The molecule has 0 aliphatic heterocycles. The van der Waals surface area contributed by atoms with E-state index in [4.69, 9.17) is 5.73 Å². The Morgan fingerprint density at radius 1 is 1.40 bits per heavy atom. The average Bonchev–Trinajstić information content (AvgIpc) is 3.16. The van der Waals surface area contributed by atoms with Gasteiger partial charge in [-0.2, -0.15) is 0 Å². The molecule has 2 aromatic rings. The number of tetrazole rings is 1. The van der Waals surface area contributed by atoms with E-state index in [1.165, 1.54) is 25.7 Å². The van der Waals surface area contributed by atoms with Crippen LogP contribution in [-0.2, 0) is 0 Å². The predicted molar refractivity (Wildman–Crippen MR) is 77.2 cm³/mol. The fourth-order valence-electron chi connectivity index (χ4n) is 2.59. The molecule has 1 fully saturated rings. The predicted octanol–water partition coefficient (Wildman–Crippen LogP) is 1.98. The highest BCUT2D eigenvalue weighted by Gasteiger charge is 2.23. The zero-order valence-electron chi connectivity index (χ0n) is 11.2. The molecule has 6 nitrogen and oxygen atoms in total. The van der Waals surface area contributed by atoms with Crippen molar-refractivity contribution in [1.82, 2.24) is 25.2 Å². The van der Waals surface area contributed by atoms with Crippen LogP contribution in [0, 0.1) is 0 Å². The Labute approximate surface area is 122 Å². The van der Waals surface area contributed by atoms with Gasteiger partial charge >= 0.3 is 0 Å². The van der Waals surface area contributed by atoms with Crippen LogP contribution in [0.1, 0.15) is 42.5 Å². The standard InChI is InChI=1S/C13H18N6S/c14-8-12(10-4-3-7-15-9-10)20-13-16-17-18-19(13)11-5-1-2-6-11/h3-4,7,9,11-12H,1-2,5-6,8,14H2. The van der Waals surface area contributed by atoms with Crippen LogP contribution in [0.15, 0.2) is 29.7 Å². The number of aromatic nitrogens is 5. The molecule has 20 heavy (non-hydrogen) atoms. The van der Waals surface area contributed by atoms with Crippen molar-refractivity contribution < 1.29 is 0 Å². The Morgan fingerprint density at radius 2 is 2.25 bits per heavy atom. The molecule has 2 aromatic heterocycles. The van der Waals surface area contributed by atoms with Gasteiger partial charge in [0.05, 0.1) is 11.3 Å². The Hall–Kier alpha value is -1.47. The van der Waals surface area contributed by atoms with E-state index in [1.807, 2.05) is 23.0 Å². The monoisotopic (exact) mass is 290 g/mol. The summed E-state index contributed by atoms with van der Waals surface area (Å²) >= 11 is 1.62. The van der Waals surface area contributed by atoms with Crippen molar-refractivity contribution in [3.8, 4) is 0 Å². The van der Waals surface area contributed by atoms with Gasteiger partial charge in [-0.3, -0.25) is 4.98 Å². The summed E-state index contributed by atoms with van der Waals surface area (Å²) in [7, 11) is 0. The summed E-state index contributed by atoms with van der Waals surface area (Å²) in [5.74, 6) is 0. The van der Waals surface area contributed by atoms with Gasteiger partial charge in [0.15, 0.2) is 0 Å². The van der Waals surface area contributed by atoms with Gasteiger partial charge in [-0.05, 0) is 34.9 Å². The minimum absolute atomic E-state index is 0.134. The maximum absolute atomic E-state index is 5.90. The van der Waals surface area contributed by atoms with Crippen LogP contribution in [0.2, 0.25) is 0 Å². The molecule has 1 aliphatic carbocycles. The van der Waals surface area contributed by atoms with Crippen LogP contribution in [0.3, 0.4) is 0 Å². The molecular weight excluding hydrogens is 272 g/mol. The summed E-state index contributed by atoms with van der Waals surface area (Å²) in [6, 6.07) is 4.42. The fourth-order valence-corrected chi connectivity index (χ4v) is 3.59. The third-order valence-electron chi connectivity index (χ3n) is 3.65. The van der Waals surface area contributed by atoms with Gasteiger partial charge < -0.3 is 5.73 Å². The third-order valence-corrected chi connectivity index (χ3v) is 4.88. The lowest BCUT2D eigenvalue weighted by atomic mass is 10.2. The Morgan fingerprint density at radius 3 is 2.95 bits per heavy atom. The minimum atomic E-state index is 0.134. The number of rotatable bonds is 5. The molecule has 3 rings (SSSR count). The van der Waals surface area contributed by atoms with Gasteiger partial charge in [0.2, 0.25) is 5.16 Å². The van der Waals surface area contributed by atoms with Crippen LogP contribution in [0.4, 0.5) is 0 Å². The first kappa shape index (κ1) is 13.5. The normalized spacial score (nSPS) is 17.4. The van der Waals surface area contributed by atoms with Gasteiger partial charge in [0.25, 0.3) is 0 Å². The molecule has 1 saturated carbocycles. The first-order chi connectivity index (χ1) is 9.88. The highest BCUT2D eigenvalue weighted by molar-refractivity contribution is 7.99. The molecular formula is C13H18N6S. The van der Waals surface area contributed by atoms with E-state index in [2.05, 4.69) is 20.5 Å². The second-order valence-corrected chi connectivity index (χ2v) is 6.14. The van der Waals surface area contributed by atoms with Gasteiger partial charge in [0, 0.05) is 18.9 Å². The first-order valence-corrected chi connectivity index (χ1v) is 7.81. The van der Waals surface area contributed by atoms with Crippen LogP contribution in [0.5, 0.6) is 0 Å². The maximum Gasteiger partial charge on any atom is 0.210 e. The molecule has 0 amide bonds. The maximum atomic E-state index is 5.90. The van der Waals surface area contributed by atoms with Crippen LogP contribution >= 0.6 is 11.8 Å². The SMILES string of the molecule is NCC(Sc1nnnn1C1CCCC1)c1cccnc1. The number of nitrogens with two attached hydrogens (primary N) is 1. The summed E-state index contributed by atoms with van der Waals surface area (Å²) < 4.78 is 1.97. The quantitative estimate of drug-likeness (QED) is 0.848. The van der Waals surface area contributed by atoms with Crippen molar-refractivity contribution in [3.05, 3.63) is 30.1 Å². The lowest BCUT2D eigenvalue weighted by molar-refractivity contribution is 0.422. The smallest absolute Gasteiger partial charge is 0.210 e. The molecule has 2 N–H and O–H groups in total. The molecule has 0 spiro atoms. The van der Waals surface area contributed by atoms with E-state index in [9.17, 15) is 0 Å². The lowest BCUT2D eigenvalue weighted by Gasteiger charge is -2.16. The molecule has 1 aliphatic rings. The van der Waals surface area contributed by atoms with E-state index in [-0.39, 0.29) is 5.25 Å².